The van der Waals surface area contributed by atoms with Gasteiger partial charge in [-0.2, -0.15) is 5.26 Å². The quantitative estimate of drug-likeness (QED) is 0.533. The van der Waals surface area contributed by atoms with Crippen LogP contribution in [0.4, 0.5) is 0 Å². The van der Waals surface area contributed by atoms with Crippen LogP contribution < -0.4 is 0 Å². The standard InChI is InChI=1S/C5H6BrN/c6-2-4-1-5(4)3-7/h4-5H,1-2H2. The summed E-state index contributed by atoms with van der Waals surface area (Å²) in [5.74, 6) is 1.05. The number of nitrogens with zero attached hydrogens (tertiary/aromatic N) is 1. The molecule has 1 fully saturated rings. The highest BCUT2D eigenvalue weighted by Gasteiger charge is 2.35. The van der Waals surface area contributed by atoms with E-state index in [1.165, 1.54) is 0 Å². The Morgan fingerprint density at radius 2 is 2.57 bits per heavy atom. The van der Waals surface area contributed by atoms with E-state index in [1.807, 2.05) is 0 Å². The van der Waals surface area contributed by atoms with Gasteiger partial charge in [0, 0.05) is 5.33 Å². The number of halogens is 1. The highest BCUT2D eigenvalue weighted by molar-refractivity contribution is 9.09. The van der Waals surface area contributed by atoms with Crippen molar-refractivity contribution in [2.24, 2.45) is 11.8 Å². The third-order valence-electron chi connectivity index (χ3n) is 1.29. The molecule has 0 radical (unpaired) electrons. The monoisotopic (exact) mass is 159 g/mol. The fraction of sp³-hybridized carbons (Fsp3) is 0.800. The third-order valence-corrected chi connectivity index (χ3v) is 2.12. The van der Waals surface area contributed by atoms with Crippen molar-refractivity contribution in [3.63, 3.8) is 0 Å². The number of nitriles is 1. The van der Waals surface area contributed by atoms with E-state index in [4.69, 9.17) is 5.26 Å². The molecule has 1 nitrogen and oxygen atoms in total. The minimum atomic E-state index is 0.374. The molecular weight excluding hydrogens is 154 g/mol. The summed E-state index contributed by atoms with van der Waals surface area (Å²) in [7, 11) is 0. The zero-order chi connectivity index (χ0) is 5.28. The van der Waals surface area contributed by atoms with Gasteiger partial charge in [-0.1, -0.05) is 15.9 Å². The van der Waals surface area contributed by atoms with Crippen molar-refractivity contribution in [2.75, 3.05) is 5.33 Å². The van der Waals surface area contributed by atoms with Gasteiger partial charge < -0.3 is 0 Å². The normalized spacial score (nSPS) is 37.1. The highest BCUT2D eigenvalue weighted by atomic mass is 79.9. The van der Waals surface area contributed by atoms with Gasteiger partial charge in [-0.25, -0.2) is 0 Å². The largest absolute Gasteiger partial charge is 0.198 e. The van der Waals surface area contributed by atoms with Crippen molar-refractivity contribution in [2.45, 2.75) is 6.42 Å². The predicted octanol–water partition coefficient (Wildman–Crippen LogP) is 1.54. The Hall–Kier alpha value is -0.0300. The lowest BCUT2D eigenvalue weighted by molar-refractivity contribution is 0.930. The van der Waals surface area contributed by atoms with Gasteiger partial charge in [0.2, 0.25) is 0 Å². The number of hydrogen-bond acceptors (Lipinski definition) is 1. The van der Waals surface area contributed by atoms with Gasteiger partial charge in [-0.15, -0.1) is 0 Å². The average molecular weight is 160 g/mol. The maximum absolute atomic E-state index is 8.24. The summed E-state index contributed by atoms with van der Waals surface area (Å²) >= 11 is 3.31. The summed E-state index contributed by atoms with van der Waals surface area (Å²) in [6.07, 6.45) is 1.11. The molecule has 38 valence electrons. The minimum absolute atomic E-state index is 0.374. The lowest BCUT2D eigenvalue weighted by atomic mass is 10.4. The molecular formula is C5H6BrN. The molecule has 0 bridgehead atoms. The molecule has 0 saturated heterocycles. The van der Waals surface area contributed by atoms with Gasteiger partial charge in [-0.3, -0.25) is 0 Å². The molecule has 1 saturated carbocycles. The fourth-order valence-electron chi connectivity index (χ4n) is 0.576. The Morgan fingerprint density at radius 3 is 2.71 bits per heavy atom. The summed E-state index contributed by atoms with van der Waals surface area (Å²) in [6, 6.07) is 2.21. The Labute approximate surface area is 51.5 Å². The van der Waals surface area contributed by atoms with Gasteiger partial charge in [0.05, 0.1) is 12.0 Å². The molecule has 2 heteroatoms. The average Bonchev–Trinajstić information content (AvgIpc) is 2.43. The minimum Gasteiger partial charge on any atom is -0.198 e. The molecule has 2 atom stereocenters. The molecule has 1 aliphatic rings. The van der Waals surface area contributed by atoms with E-state index in [-0.39, 0.29) is 0 Å². The maximum Gasteiger partial charge on any atom is 0.0659 e. The second-order valence-corrected chi connectivity index (χ2v) is 2.53. The Morgan fingerprint density at radius 1 is 1.86 bits per heavy atom. The smallest absolute Gasteiger partial charge is 0.0659 e. The van der Waals surface area contributed by atoms with Crippen LogP contribution in [0.3, 0.4) is 0 Å². The van der Waals surface area contributed by atoms with E-state index in [9.17, 15) is 0 Å². The summed E-state index contributed by atoms with van der Waals surface area (Å²) in [5.41, 5.74) is 0. The zero-order valence-electron chi connectivity index (χ0n) is 3.89. The van der Waals surface area contributed by atoms with E-state index in [0.717, 1.165) is 11.8 Å². The molecule has 1 aliphatic carbocycles. The molecule has 2 unspecified atom stereocenters. The Balaban J connectivity index is 2.21. The fourth-order valence-corrected chi connectivity index (χ4v) is 1.29. The van der Waals surface area contributed by atoms with Gasteiger partial charge in [0.25, 0.3) is 0 Å². The van der Waals surface area contributed by atoms with Crippen LogP contribution in [0.2, 0.25) is 0 Å². The molecule has 0 aromatic rings. The van der Waals surface area contributed by atoms with Crippen molar-refractivity contribution < 1.29 is 0 Å². The topological polar surface area (TPSA) is 23.8 Å². The molecule has 0 spiro atoms. The van der Waals surface area contributed by atoms with Crippen LogP contribution in [0.1, 0.15) is 6.42 Å². The Bertz CT molecular complexity index is 105. The van der Waals surface area contributed by atoms with Crippen molar-refractivity contribution in [1.82, 2.24) is 0 Å². The van der Waals surface area contributed by atoms with Gasteiger partial charge in [-0.05, 0) is 12.3 Å². The molecule has 0 aromatic carbocycles. The molecule has 0 heterocycles. The van der Waals surface area contributed by atoms with E-state index in [0.29, 0.717) is 11.8 Å². The summed E-state index contributed by atoms with van der Waals surface area (Å²) in [4.78, 5) is 0. The van der Waals surface area contributed by atoms with Crippen LogP contribution in [-0.4, -0.2) is 5.33 Å². The number of rotatable bonds is 1. The first-order valence-electron chi connectivity index (χ1n) is 2.34. The van der Waals surface area contributed by atoms with Crippen LogP contribution in [0.25, 0.3) is 0 Å². The first kappa shape index (κ1) is 5.11. The van der Waals surface area contributed by atoms with Crippen molar-refractivity contribution in [3.05, 3.63) is 0 Å². The molecule has 1 rings (SSSR count). The summed E-state index contributed by atoms with van der Waals surface area (Å²) < 4.78 is 0. The third kappa shape index (κ3) is 0.947. The second kappa shape index (κ2) is 1.83. The number of hydrogen-bond donors (Lipinski definition) is 0. The molecule has 0 aromatic heterocycles. The first-order chi connectivity index (χ1) is 3.38. The lowest BCUT2D eigenvalue weighted by Crippen LogP contribution is -1.76. The van der Waals surface area contributed by atoms with E-state index in [2.05, 4.69) is 22.0 Å². The SMILES string of the molecule is N#CC1CC1CBr. The highest BCUT2D eigenvalue weighted by Crippen LogP contribution is 2.38. The zero-order valence-corrected chi connectivity index (χ0v) is 5.48. The first-order valence-corrected chi connectivity index (χ1v) is 3.46. The van der Waals surface area contributed by atoms with Gasteiger partial charge in [0.15, 0.2) is 0 Å². The van der Waals surface area contributed by atoms with Crippen LogP contribution in [0.5, 0.6) is 0 Å². The van der Waals surface area contributed by atoms with Crippen LogP contribution >= 0.6 is 15.9 Å². The maximum atomic E-state index is 8.24. The van der Waals surface area contributed by atoms with E-state index < -0.39 is 0 Å². The van der Waals surface area contributed by atoms with E-state index >= 15 is 0 Å². The second-order valence-electron chi connectivity index (χ2n) is 1.89. The van der Waals surface area contributed by atoms with E-state index in [1.54, 1.807) is 0 Å². The lowest BCUT2D eigenvalue weighted by Gasteiger charge is -1.75. The summed E-state index contributed by atoms with van der Waals surface area (Å²) in [5, 5.41) is 9.24. The molecule has 0 amide bonds. The predicted molar refractivity (Wildman–Crippen MR) is 31.0 cm³/mol. The molecule has 0 aliphatic heterocycles. The summed E-state index contributed by atoms with van der Waals surface area (Å²) in [6.45, 7) is 0. The van der Waals surface area contributed by atoms with Crippen molar-refractivity contribution >= 4 is 15.9 Å². The van der Waals surface area contributed by atoms with Crippen LogP contribution in [0.15, 0.2) is 0 Å². The van der Waals surface area contributed by atoms with Crippen molar-refractivity contribution in [3.8, 4) is 6.07 Å². The number of alkyl halides is 1. The van der Waals surface area contributed by atoms with Crippen molar-refractivity contribution in [1.29, 1.82) is 5.26 Å². The van der Waals surface area contributed by atoms with Crippen LogP contribution in [-0.2, 0) is 0 Å². The van der Waals surface area contributed by atoms with Gasteiger partial charge in [0.1, 0.15) is 0 Å². The molecule has 0 N–H and O–H groups in total. The Kier molecular flexibility index (Phi) is 1.34. The van der Waals surface area contributed by atoms with Gasteiger partial charge >= 0.3 is 0 Å². The van der Waals surface area contributed by atoms with Crippen LogP contribution in [0, 0.1) is 23.2 Å². The molecule has 7 heavy (non-hydrogen) atoms.